The highest BCUT2D eigenvalue weighted by Crippen LogP contribution is 2.45. The van der Waals surface area contributed by atoms with Gasteiger partial charge in [0.05, 0.1) is 24.5 Å². The number of benzene rings is 3. The Morgan fingerprint density at radius 1 is 0.903 bits per heavy atom. The van der Waals surface area contributed by atoms with Crippen LogP contribution in [0.25, 0.3) is 0 Å². The van der Waals surface area contributed by atoms with Crippen LogP contribution in [0.2, 0.25) is 5.02 Å². The largest absolute Gasteiger partial charge is 0.497 e. The maximum absolute atomic E-state index is 13.5. The van der Waals surface area contributed by atoms with E-state index >= 15 is 0 Å². The molecule has 2 atom stereocenters. The number of para-hydroxylation sites is 2. The van der Waals surface area contributed by atoms with E-state index in [9.17, 15) is 4.79 Å². The van der Waals surface area contributed by atoms with E-state index in [1.54, 1.807) is 7.11 Å². The first-order valence-corrected chi connectivity index (χ1v) is 10.8. The molecule has 1 heterocycles. The second-order valence-corrected chi connectivity index (χ2v) is 8.37. The predicted molar refractivity (Wildman–Crippen MR) is 125 cm³/mol. The zero-order valence-electron chi connectivity index (χ0n) is 17.2. The lowest BCUT2D eigenvalue weighted by molar-refractivity contribution is -0.116. The summed E-state index contributed by atoms with van der Waals surface area (Å²) in [6.45, 7) is 0. The number of anilines is 2. The highest BCUT2D eigenvalue weighted by molar-refractivity contribution is 6.31. The fourth-order valence-corrected chi connectivity index (χ4v) is 4.79. The van der Waals surface area contributed by atoms with Gasteiger partial charge >= 0.3 is 0 Å². The van der Waals surface area contributed by atoms with Crippen LogP contribution in [-0.2, 0) is 4.79 Å². The summed E-state index contributed by atoms with van der Waals surface area (Å²) in [6, 6.07) is 23.5. The van der Waals surface area contributed by atoms with Gasteiger partial charge in [-0.1, -0.05) is 54.1 Å². The molecule has 3 aromatic rings. The predicted octanol–water partition coefficient (Wildman–Crippen LogP) is 6.33. The summed E-state index contributed by atoms with van der Waals surface area (Å²) in [4.78, 5) is 13.5. The third-order valence-corrected chi connectivity index (χ3v) is 6.46. The van der Waals surface area contributed by atoms with Crippen LogP contribution >= 0.6 is 11.6 Å². The third kappa shape index (κ3) is 3.68. The Balaban J connectivity index is 1.59. The van der Waals surface area contributed by atoms with Gasteiger partial charge in [0.15, 0.2) is 5.78 Å². The number of halogens is 1. The van der Waals surface area contributed by atoms with Gasteiger partial charge in [0.2, 0.25) is 0 Å². The molecule has 0 saturated heterocycles. The van der Waals surface area contributed by atoms with Gasteiger partial charge in [0.1, 0.15) is 5.75 Å². The molecule has 4 nitrogen and oxygen atoms in total. The van der Waals surface area contributed by atoms with Crippen molar-refractivity contribution in [1.29, 1.82) is 0 Å². The zero-order chi connectivity index (χ0) is 21.4. The minimum Gasteiger partial charge on any atom is -0.497 e. The number of ketones is 1. The van der Waals surface area contributed by atoms with Crippen molar-refractivity contribution in [3.05, 3.63) is 100 Å². The Hall–Kier alpha value is -3.24. The lowest BCUT2D eigenvalue weighted by atomic mass is 9.78. The molecule has 0 fully saturated rings. The summed E-state index contributed by atoms with van der Waals surface area (Å²) in [5.74, 6) is 1.07. The lowest BCUT2D eigenvalue weighted by Gasteiger charge is -2.30. The molecule has 156 valence electrons. The van der Waals surface area contributed by atoms with Crippen molar-refractivity contribution in [2.45, 2.75) is 24.8 Å². The molecule has 1 aliphatic heterocycles. The van der Waals surface area contributed by atoms with Crippen LogP contribution in [0, 0.1) is 0 Å². The fraction of sp³-hybridized carbons (Fsp3) is 0.192. The first-order chi connectivity index (χ1) is 15.1. The highest BCUT2D eigenvalue weighted by Gasteiger charge is 2.36. The van der Waals surface area contributed by atoms with E-state index in [1.165, 1.54) is 0 Å². The highest BCUT2D eigenvalue weighted by atomic mass is 35.5. The van der Waals surface area contributed by atoms with Gasteiger partial charge in [-0.2, -0.15) is 0 Å². The Labute approximate surface area is 186 Å². The molecule has 0 unspecified atom stereocenters. The molecule has 0 radical (unpaired) electrons. The number of fused-ring (bicyclic) bond motifs is 1. The normalized spacial score (nSPS) is 20.1. The summed E-state index contributed by atoms with van der Waals surface area (Å²) < 4.78 is 5.28. The van der Waals surface area contributed by atoms with Crippen LogP contribution in [0.1, 0.15) is 35.9 Å². The maximum atomic E-state index is 13.5. The molecule has 5 rings (SSSR count). The van der Waals surface area contributed by atoms with Crippen molar-refractivity contribution in [3.63, 3.8) is 0 Å². The Bertz CT molecular complexity index is 1170. The van der Waals surface area contributed by atoms with Crippen molar-refractivity contribution in [2.75, 3.05) is 17.7 Å². The van der Waals surface area contributed by atoms with E-state index in [0.717, 1.165) is 45.9 Å². The van der Waals surface area contributed by atoms with Crippen LogP contribution in [-0.4, -0.2) is 12.9 Å². The second kappa shape index (κ2) is 8.12. The lowest BCUT2D eigenvalue weighted by Crippen LogP contribution is -2.27. The summed E-state index contributed by atoms with van der Waals surface area (Å²) in [5.41, 5.74) is 5.70. The molecule has 31 heavy (non-hydrogen) atoms. The average molecular weight is 431 g/mol. The molecular formula is C26H23ClN2O2. The van der Waals surface area contributed by atoms with Crippen LogP contribution in [0.15, 0.2) is 84.1 Å². The standard InChI is InChI=1S/C26H23ClN2O2/c1-31-18-12-10-16(11-13-18)17-14-23-25(24(30)15-17)26(19-6-2-3-7-20(19)27)29-22-9-5-4-8-21(22)28-23/h2-13,17,26,28-29H,14-15H2,1H3/t17-,26+/m0/s1. The van der Waals surface area contributed by atoms with Crippen LogP contribution in [0.3, 0.4) is 0 Å². The number of ether oxygens (including phenoxy) is 1. The molecule has 0 bridgehead atoms. The van der Waals surface area contributed by atoms with Gasteiger partial charge in [-0.05, 0) is 53.8 Å². The van der Waals surface area contributed by atoms with Gasteiger partial charge in [0.25, 0.3) is 0 Å². The number of carbonyl (C=O) groups is 1. The van der Waals surface area contributed by atoms with Gasteiger partial charge in [-0.3, -0.25) is 4.79 Å². The van der Waals surface area contributed by atoms with Crippen LogP contribution < -0.4 is 15.4 Å². The Morgan fingerprint density at radius 3 is 2.35 bits per heavy atom. The Morgan fingerprint density at radius 2 is 1.61 bits per heavy atom. The quantitative estimate of drug-likeness (QED) is 0.509. The number of allylic oxidation sites excluding steroid dienone is 1. The summed E-state index contributed by atoms with van der Waals surface area (Å²) >= 11 is 6.56. The summed E-state index contributed by atoms with van der Waals surface area (Å²) in [5, 5.41) is 7.78. The second-order valence-electron chi connectivity index (χ2n) is 7.96. The van der Waals surface area contributed by atoms with Gasteiger partial charge in [-0.25, -0.2) is 0 Å². The van der Waals surface area contributed by atoms with Crippen LogP contribution in [0.5, 0.6) is 5.75 Å². The van der Waals surface area contributed by atoms with E-state index in [1.807, 2.05) is 60.7 Å². The fourth-order valence-electron chi connectivity index (χ4n) is 4.55. The van der Waals surface area contributed by atoms with E-state index < -0.39 is 0 Å². The smallest absolute Gasteiger partial charge is 0.163 e. The van der Waals surface area contributed by atoms with Crippen molar-refractivity contribution in [3.8, 4) is 5.75 Å². The molecule has 0 amide bonds. The number of hydrogen-bond acceptors (Lipinski definition) is 4. The number of carbonyl (C=O) groups excluding carboxylic acids is 1. The molecule has 5 heteroatoms. The first kappa shape index (κ1) is 19.7. The van der Waals surface area contributed by atoms with E-state index in [2.05, 4.69) is 22.8 Å². The number of nitrogens with one attached hydrogen (secondary N) is 2. The molecule has 0 saturated carbocycles. The van der Waals surface area contributed by atoms with E-state index in [4.69, 9.17) is 16.3 Å². The molecule has 0 aromatic heterocycles. The molecular weight excluding hydrogens is 408 g/mol. The topological polar surface area (TPSA) is 50.4 Å². The zero-order valence-corrected chi connectivity index (χ0v) is 17.9. The number of rotatable bonds is 3. The minimum absolute atomic E-state index is 0.113. The molecule has 2 aliphatic rings. The van der Waals surface area contributed by atoms with Crippen molar-refractivity contribution >= 4 is 28.8 Å². The van der Waals surface area contributed by atoms with E-state index in [-0.39, 0.29) is 17.7 Å². The minimum atomic E-state index is -0.302. The first-order valence-electron chi connectivity index (χ1n) is 10.4. The van der Waals surface area contributed by atoms with E-state index in [0.29, 0.717) is 11.4 Å². The van der Waals surface area contributed by atoms with Crippen molar-refractivity contribution < 1.29 is 9.53 Å². The van der Waals surface area contributed by atoms with Crippen LogP contribution in [0.4, 0.5) is 11.4 Å². The maximum Gasteiger partial charge on any atom is 0.163 e. The Kier molecular flexibility index (Phi) is 5.16. The summed E-state index contributed by atoms with van der Waals surface area (Å²) in [7, 11) is 1.66. The third-order valence-electron chi connectivity index (χ3n) is 6.11. The van der Waals surface area contributed by atoms with Crippen molar-refractivity contribution in [2.24, 2.45) is 0 Å². The molecule has 3 aromatic carbocycles. The molecule has 1 aliphatic carbocycles. The summed E-state index contributed by atoms with van der Waals surface area (Å²) in [6.07, 6.45) is 1.22. The number of hydrogen-bond donors (Lipinski definition) is 2. The van der Waals surface area contributed by atoms with Gasteiger partial charge < -0.3 is 15.4 Å². The van der Waals surface area contributed by atoms with Crippen molar-refractivity contribution in [1.82, 2.24) is 0 Å². The number of Topliss-reactive ketones (excluding diaryl/α,β-unsaturated/α-hetero) is 1. The monoisotopic (exact) mass is 430 g/mol. The number of methoxy groups -OCH3 is 1. The molecule has 0 spiro atoms. The molecule has 2 N–H and O–H groups in total. The van der Waals surface area contributed by atoms with Gasteiger partial charge in [0, 0.05) is 22.7 Å². The SMILES string of the molecule is COc1ccc([C@@H]2CC(=O)C3=C(C2)Nc2ccccc2N[C@@H]3c2ccccc2Cl)cc1. The van der Waals surface area contributed by atoms with Gasteiger partial charge in [-0.15, -0.1) is 0 Å². The average Bonchev–Trinajstić information content (AvgIpc) is 2.96.